The molecule has 206 valence electrons. The van der Waals surface area contributed by atoms with Crippen LogP contribution >= 0.6 is 0 Å². The number of aromatic nitrogens is 3. The number of carbonyl (C=O) groups excluding carboxylic acids is 1. The molecule has 0 aliphatic carbocycles. The fraction of sp³-hybridized carbons (Fsp3) is 0.355. The van der Waals surface area contributed by atoms with Gasteiger partial charge in [0.15, 0.2) is 0 Å². The first-order chi connectivity index (χ1) is 19.5. The summed E-state index contributed by atoms with van der Waals surface area (Å²) in [7, 11) is 2.13. The summed E-state index contributed by atoms with van der Waals surface area (Å²) in [5.41, 5.74) is 4.34. The number of hydrogen-bond acceptors (Lipinski definition) is 7. The molecule has 0 saturated carbocycles. The van der Waals surface area contributed by atoms with Crippen LogP contribution in [0.25, 0.3) is 16.6 Å². The van der Waals surface area contributed by atoms with Gasteiger partial charge in [0.25, 0.3) is 11.5 Å². The summed E-state index contributed by atoms with van der Waals surface area (Å²) in [5, 5.41) is 3.58. The van der Waals surface area contributed by atoms with E-state index in [-0.39, 0.29) is 11.5 Å². The lowest BCUT2D eigenvalue weighted by Gasteiger charge is -2.34. The Bertz CT molecular complexity index is 1600. The van der Waals surface area contributed by atoms with E-state index < -0.39 is 0 Å². The first kappa shape index (κ1) is 26.0. The topological polar surface area (TPSA) is 86.6 Å². The average molecular weight is 538 g/mol. The molecule has 1 amide bonds. The van der Waals surface area contributed by atoms with Crippen molar-refractivity contribution in [1.82, 2.24) is 19.4 Å². The number of hydrogen-bond donors (Lipinski definition) is 1. The first-order valence-electron chi connectivity index (χ1n) is 14.0. The van der Waals surface area contributed by atoms with E-state index in [1.165, 1.54) is 6.42 Å². The Kier molecular flexibility index (Phi) is 7.21. The number of fused-ring (bicyclic) bond motifs is 1. The third-order valence-electron chi connectivity index (χ3n) is 8.02. The van der Waals surface area contributed by atoms with Crippen LogP contribution in [0.5, 0.6) is 0 Å². The zero-order valence-corrected chi connectivity index (χ0v) is 23.1. The maximum atomic E-state index is 13.7. The van der Waals surface area contributed by atoms with Gasteiger partial charge in [0, 0.05) is 62.4 Å². The van der Waals surface area contributed by atoms with Gasteiger partial charge in [-0.1, -0.05) is 6.07 Å². The Balaban J connectivity index is 1.27. The van der Waals surface area contributed by atoms with Crippen molar-refractivity contribution in [2.24, 2.45) is 0 Å². The number of nitrogens with one attached hydrogen (secondary N) is 1. The van der Waals surface area contributed by atoms with Gasteiger partial charge < -0.3 is 20.0 Å². The molecule has 0 spiro atoms. The molecule has 2 aromatic heterocycles. The van der Waals surface area contributed by atoms with Crippen LogP contribution in [0.2, 0.25) is 0 Å². The fourth-order valence-corrected chi connectivity index (χ4v) is 5.55. The number of piperazine rings is 1. The third kappa shape index (κ3) is 5.29. The molecular formula is C31H35N7O2. The van der Waals surface area contributed by atoms with E-state index in [2.05, 4.69) is 37.0 Å². The lowest BCUT2D eigenvalue weighted by molar-refractivity contribution is 0.102. The number of likely N-dealkylation sites (N-methyl/N-ethyl adjacent to an activating group) is 1. The van der Waals surface area contributed by atoms with Crippen LogP contribution in [0.4, 0.5) is 17.2 Å². The quantitative estimate of drug-likeness (QED) is 0.411. The SMILES string of the molecule is Cc1ccc(NC(=O)c2ccnc(N3CCCCC3)c2)cc1-n1cnc2ccc(N3CCN(C)CC3)cc2c1=O. The van der Waals surface area contributed by atoms with Gasteiger partial charge in [-0.3, -0.25) is 14.2 Å². The molecule has 6 rings (SSSR count). The van der Waals surface area contributed by atoms with Crippen molar-refractivity contribution in [3.05, 3.63) is 82.5 Å². The molecule has 4 aromatic rings. The summed E-state index contributed by atoms with van der Waals surface area (Å²) in [6.45, 7) is 7.71. The fourth-order valence-electron chi connectivity index (χ4n) is 5.55. The van der Waals surface area contributed by atoms with E-state index >= 15 is 0 Å². The summed E-state index contributed by atoms with van der Waals surface area (Å²) < 4.78 is 1.57. The molecule has 4 heterocycles. The highest BCUT2D eigenvalue weighted by atomic mass is 16.1. The summed E-state index contributed by atoms with van der Waals surface area (Å²) in [5.74, 6) is 0.623. The number of aryl methyl sites for hydroxylation is 1. The number of rotatable bonds is 5. The molecular weight excluding hydrogens is 502 g/mol. The minimum Gasteiger partial charge on any atom is -0.369 e. The molecule has 2 aliphatic heterocycles. The number of amides is 1. The van der Waals surface area contributed by atoms with Gasteiger partial charge in [-0.15, -0.1) is 0 Å². The van der Waals surface area contributed by atoms with E-state index in [9.17, 15) is 9.59 Å². The Morgan fingerprint density at radius 2 is 1.65 bits per heavy atom. The number of carbonyl (C=O) groups is 1. The number of pyridine rings is 1. The van der Waals surface area contributed by atoms with Crippen LogP contribution in [0.3, 0.4) is 0 Å². The molecule has 0 bridgehead atoms. The normalized spacial score (nSPS) is 16.4. The highest BCUT2D eigenvalue weighted by Gasteiger charge is 2.18. The monoisotopic (exact) mass is 537 g/mol. The lowest BCUT2D eigenvalue weighted by Crippen LogP contribution is -2.44. The maximum absolute atomic E-state index is 13.7. The van der Waals surface area contributed by atoms with E-state index in [4.69, 9.17) is 0 Å². The summed E-state index contributed by atoms with van der Waals surface area (Å²) in [6.07, 6.45) is 6.78. The standard InChI is InChI=1S/C31H35N7O2/c1-22-6-7-24(34-30(39)23-10-11-32-29(18-23)37-12-4-3-5-13-37)19-28(22)38-21-33-27-9-8-25(20-26(27)31(38)40)36-16-14-35(2)15-17-36/h6-11,18-21H,3-5,12-17H2,1-2H3,(H,34,39). The van der Waals surface area contributed by atoms with Gasteiger partial charge >= 0.3 is 0 Å². The van der Waals surface area contributed by atoms with E-state index in [1.54, 1.807) is 23.2 Å². The van der Waals surface area contributed by atoms with E-state index in [1.807, 2.05) is 49.4 Å². The van der Waals surface area contributed by atoms with E-state index in [0.29, 0.717) is 27.8 Å². The van der Waals surface area contributed by atoms with Crippen molar-refractivity contribution in [2.75, 3.05) is 61.4 Å². The van der Waals surface area contributed by atoms with Crippen molar-refractivity contribution in [1.29, 1.82) is 0 Å². The zero-order valence-electron chi connectivity index (χ0n) is 23.1. The number of anilines is 3. The predicted octanol–water partition coefficient (Wildman–Crippen LogP) is 4.08. The second-order valence-corrected chi connectivity index (χ2v) is 10.8. The molecule has 2 aliphatic rings. The van der Waals surface area contributed by atoms with Gasteiger partial charge in [0.05, 0.1) is 16.6 Å². The second kappa shape index (κ2) is 11.1. The van der Waals surface area contributed by atoms with Crippen molar-refractivity contribution >= 4 is 34.0 Å². The third-order valence-corrected chi connectivity index (χ3v) is 8.02. The van der Waals surface area contributed by atoms with Crippen molar-refractivity contribution in [3.8, 4) is 5.69 Å². The minimum absolute atomic E-state index is 0.132. The van der Waals surface area contributed by atoms with Gasteiger partial charge in [0.2, 0.25) is 0 Å². The van der Waals surface area contributed by atoms with Gasteiger partial charge in [-0.05, 0) is 81.3 Å². The Labute approximate surface area is 234 Å². The summed E-state index contributed by atoms with van der Waals surface area (Å²) >= 11 is 0. The van der Waals surface area contributed by atoms with Crippen LogP contribution in [0.1, 0.15) is 35.2 Å². The van der Waals surface area contributed by atoms with Crippen molar-refractivity contribution in [3.63, 3.8) is 0 Å². The van der Waals surface area contributed by atoms with Gasteiger partial charge in [0.1, 0.15) is 12.1 Å². The average Bonchev–Trinajstić information content (AvgIpc) is 2.99. The lowest BCUT2D eigenvalue weighted by atomic mass is 10.1. The van der Waals surface area contributed by atoms with Gasteiger partial charge in [-0.2, -0.15) is 0 Å². The molecule has 1 N–H and O–H groups in total. The van der Waals surface area contributed by atoms with Crippen molar-refractivity contribution < 1.29 is 4.79 Å². The Hall–Kier alpha value is -4.24. The zero-order chi connectivity index (χ0) is 27.6. The highest BCUT2D eigenvalue weighted by Crippen LogP contribution is 2.24. The van der Waals surface area contributed by atoms with Crippen LogP contribution in [-0.2, 0) is 0 Å². The molecule has 9 heteroatoms. The van der Waals surface area contributed by atoms with Crippen LogP contribution < -0.4 is 20.7 Å². The number of benzene rings is 2. The maximum Gasteiger partial charge on any atom is 0.265 e. The molecule has 2 aromatic carbocycles. The molecule has 40 heavy (non-hydrogen) atoms. The summed E-state index contributed by atoms with van der Waals surface area (Å²) in [4.78, 5) is 42.8. The number of piperidine rings is 1. The molecule has 2 saturated heterocycles. The smallest absolute Gasteiger partial charge is 0.265 e. The second-order valence-electron chi connectivity index (χ2n) is 10.8. The van der Waals surface area contributed by atoms with Crippen LogP contribution in [-0.4, -0.2) is 71.7 Å². The van der Waals surface area contributed by atoms with Gasteiger partial charge in [-0.25, -0.2) is 9.97 Å². The molecule has 0 radical (unpaired) electrons. The molecule has 0 atom stereocenters. The number of nitrogens with zero attached hydrogens (tertiary/aromatic N) is 6. The van der Waals surface area contributed by atoms with E-state index in [0.717, 1.165) is 69.2 Å². The molecule has 9 nitrogen and oxygen atoms in total. The highest BCUT2D eigenvalue weighted by molar-refractivity contribution is 6.04. The first-order valence-corrected chi connectivity index (χ1v) is 14.0. The predicted molar refractivity (Wildman–Crippen MR) is 160 cm³/mol. The molecule has 2 fully saturated rings. The molecule has 0 unspecified atom stereocenters. The van der Waals surface area contributed by atoms with Crippen LogP contribution in [0.15, 0.2) is 65.8 Å². The Morgan fingerprint density at radius 3 is 2.45 bits per heavy atom. The van der Waals surface area contributed by atoms with Crippen LogP contribution in [0, 0.1) is 6.92 Å². The minimum atomic E-state index is -0.212. The Morgan fingerprint density at radius 1 is 0.850 bits per heavy atom. The largest absolute Gasteiger partial charge is 0.369 e. The van der Waals surface area contributed by atoms with Crippen molar-refractivity contribution in [2.45, 2.75) is 26.2 Å². The summed E-state index contributed by atoms with van der Waals surface area (Å²) in [6, 6.07) is 15.1.